The Balaban J connectivity index is 2.23. The van der Waals surface area contributed by atoms with E-state index in [-0.39, 0.29) is 16.8 Å². The van der Waals surface area contributed by atoms with E-state index in [0.29, 0.717) is 11.1 Å². The van der Waals surface area contributed by atoms with Gasteiger partial charge in [0.1, 0.15) is 0 Å². The Hall–Kier alpha value is -1.07. The molecule has 1 aliphatic rings. The molecule has 1 aromatic carbocycles. The van der Waals surface area contributed by atoms with Crippen LogP contribution in [0.5, 0.6) is 0 Å². The standard InChI is InChI=1S/C13H16ClNO3S/c1-9-6-7-10(8-12(9)19(14,17)18)13(16)15-11-4-2-3-5-11/h6-8,11H,2-5H2,1H3,(H,15,16). The summed E-state index contributed by atoms with van der Waals surface area (Å²) >= 11 is 0. The molecule has 0 radical (unpaired) electrons. The molecule has 0 heterocycles. The Bertz CT molecular complexity index is 592. The maximum Gasteiger partial charge on any atom is 0.261 e. The predicted octanol–water partition coefficient (Wildman–Crippen LogP) is 2.59. The fraction of sp³-hybridized carbons (Fsp3) is 0.462. The summed E-state index contributed by atoms with van der Waals surface area (Å²) in [6.45, 7) is 1.65. The monoisotopic (exact) mass is 301 g/mol. The Morgan fingerprint density at radius 3 is 2.53 bits per heavy atom. The molecule has 0 aliphatic heterocycles. The zero-order chi connectivity index (χ0) is 14.0. The molecule has 0 atom stereocenters. The Morgan fingerprint density at radius 2 is 1.95 bits per heavy atom. The van der Waals surface area contributed by atoms with Crippen LogP contribution in [0, 0.1) is 6.92 Å². The molecule has 2 rings (SSSR count). The van der Waals surface area contributed by atoms with Crippen molar-refractivity contribution in [1.29, 1.82) is 0 Å². The highest BCUT2D eigenvalue weighted by atomic mass is 35.7. The van der Waals surface area contributed by atoms with Crippen LogP contribution in [0.1, 0.15) is 41.6 Å². The van der Waals surface area contributed by atoms with Crippen molar-refractivity contribution in [2.75, 3.05) is 0 Å². The second kappa shape index (κ2) is 5.51. The number of benzene rings is 1. The van der Waals surface area contributed by atoms with Crippen LogP contribution in [0.3, 0.4) is 0 Å². The van der Waals surface area contributed by atoms with Crippen LogP contribution in [-0.4, -0.2) is 20.4 Å². The fourth-order valence-corrected chi connectivity index (χ4v) is 3.56. The van der Waals surface area contributed by atoms with E-state index >= 15 is 0 Å². The van der Waals surface area contributed by atoms with Crippen molar-refractivity contribution in [2.45, 2.75) is 43.5 Å². The van der Waals surface area contributed by atoms with Gasteiger partial charge in [0.05, 0.1) is 4.90 Å². The summed E-state index contributed by atoms with van der Waals surface area (Å²) in [6, 6.07) is 4.75. The second-order valence-corrected chi connectivity index (χ2v) is 7.41. The topological polar surface area (TPSA) is 63.2 Å². The molecule has 0 saturated heterocycles. The van der Waals surface area contributed by atoms with Crippen LogP contribution in [0.25, 0.3) is 0 Å². The van der Waals surface area contributed by atoms with Gasteiger partial charge in [-0.15, -0.1) is 0 Å². The zero-order valence-corrected chi connectivity index (χ0v) is 12.2. The van der Waals surface area contributed by atoms with E-state index in [9.17, 15) is 13.2 Å². The molecule has 1 aliphatic carbocycles. The molecule has 0 spiro atoms. The normalized spacial score (nSPS) is 16.5. The first-order chi connectivity index (χ1) is 8.88. The van der Waals surface area contributed by atoms with Crippen molar-refractivity contribution in [3.63, 3.8) is 0 Å². The first kappa shape index (κ1) is 14.3. The summed E-state index contributed by atoms with van der Waals surface area (Å²) in [5.74, 6) is -0.242. The van der Waals surface area contributed by atoms with Gasteiger partial charge < -0.3 is 5.32 Å². The van der Waals surface area contributed by atoms with Gasteiger partial charge in [-0.2, -0.15) is 0 Å². The van der Waals surface area contributed by atoms with Gasteiger partial charge in [0.15, 0.2) is 0 Å². The third kappa shape index (κ3) is 3.48. The third-order valence-corrected chi connectivity index (χ3v) is 4.87. The number of hydrogen-bond donors (Lipinski definition) is 1. The molecular formula is C13H16ClNO3S. The van der Waals surface area contributed by atoms with Crippen LogP contribution in [-0.2, 0) is 9.05 Å². The molecule has 1 amide bonds. The largest absolute Gasteiger partial charge is 0.349 e. The number of carbonyl (C=O) groups excluding carboxylic acids is 1. The summed E-state index contributed by atoms with van der Waals surface area (Å²) in [5.41, 5.74) is 0.865. The summed E-state index contributed by atoms with van der Waals surface area (Å²) < 4.78 is 22.8. The summed E-state index contributed by atoms with van der Waals surface area (Å²) in [6.07, 6.45) is 4.22. The number of aryl methyl sites for hydroxylation is 1. The van der Waals surface area contributed by atoms with Gasteiger partial charge >= 0.3 is 0 Å². The van der Waals surface area contributed by atoms with Gasteiger partial charge in [0, 0.05) is 22.3 Å². The van der Waals surface area contributed by atoms with E-state index < -0.39 is 9.05 Å². The van der Waals surface area contributed by atoms with Crippen LogP contribution >= 0.6 is 10.7 Å². The first-order valence-electron chi connectivity index (χ1n) is 6.24. The maximum absolute atomic E-state index is 12.0. The molecule has 6 heteroatoms. The molecule has 104 valence electrons. The zero-order valence-electron chi connectivity index (χ0n) is 10.6. The summed E-state index contributed by atoms with van der Waals surface area (Å²) in [4.78, 5) is 12.0. The molecule has 1 aromatic rings. The van der Waals surface area contributed by atoms with Gasteiger partial charge in [0.25, 0.3) is 15.0 Å². The molecule has 19 heavy (non-hydrogen) atoms. The van der Waals surface area contributed by atoms with Crippen molar-refractivity contribution in [1.82, 2.24) is 5.32 Å². The molecule has 1 saturated carbocycles. The average Bonchev–Trinajstić information content (AvgIpc) is 2.80. The Labute approximate surface area is 117 Å². The van der Waals surface area contributed by atoms with E-state index in [0.717, 1.165) is 25.7 Å². The van der Waals surface area contributed by atoms with E-state index in [1.807, 2.05) is 0 Å². The number of amides is 1. The smallest absolute Gasteiger partial charge is 0.261 e. The van der Waals surface area contributed by atoms with E-state index in [1.165, 1.54) is 6.07 Å². The van der Waals surface area contributed by atoms with Crippen LogP contribution in [0.4, 0.5) is 0 Å². The van der Waals surface area contributed by atoms with Crippen molar-refractivity contribution in [2.24, 2.45) is 0 Å². The minimum Gasteiger partial charge on any atom is -0.349 e. The molecule has 4 nitrogen and oxygen atoms in total. The Morgan fingerprint density at radius 1 is 1.32 bits per heavy atom. The lowest BCUT2D eigenvalue weighted by molar-refractivity contribution is 0.0937. The minimum atomic E-state index is -3.82. The molecule has 1 N–H and O–H groups in total. The lowest BCUT2D eigenvalue weighted by Gasteiger charge is -2.12. The number of nitrogens with one attached hydrogen (secondary N) is 1. The highest BCUT2D eigenvalue weighted by Crippen LogP contribution is 2.22. The highest BCUT2D eigenvalue weighted by molar-refractivity contribution is 8.13. The van der Waals surface area contributed by atoms with Crippen LogP contribution in [0.2, 0.25) is 0 Å². The van der Waals surface area contributed by atoms with Crippen molar-refractivity contribution in [3.05, 3.63) is 29.3 Å². The number of rotatable bonds is 3. The number of carbonyl (C=O) groups is 1. The third-order valence-electron chi connectivity index (χ3n) is 3.40. The number of hydrogen-bond acceptors (Lipinski definition) is 3. The maximum atomic E-state index is 12.0. The molecule has 0 aromatic heterocycles. The van der Waals surface area contributed by atoms with Crippen molar-refractivity contribution >= 4 is 25.6 Å². The highest BCUT2D eigenvalue weighted by Gasteiger charge is 2.20. The van der Waals surface area contributed by atoms with E-state index in [2.05, 4.69) is 5.32 Å². The van der Waals surface area contributed by atoms with E-state index in [1.54, 1.807) is 19.1 Å². The van der Waals surface area contributed by atoms with Crippen molar-refractivity contribution in [3.8, 4) is 0 Å². The lowest BCUT2D eigenvalue weighted by atomic mass is 10.1. The fourth-order valence-electron chi connectivity index (χ4n) is 2.34. The molecule has 0 bridgehead atoms. The van der Waals surface area contributed by atoms with Crippen LogP contribution in [0.15, 0.2) is 23.1 Å². The van der Waals surface area contributed by atoms with Gasteiger partial charge in [-0.3, -0.25) is 4.79 Å². The van der Waals surface area contributed by atoms with Crippen molar-refractivity contribution < 1.29 is 13.2 Å². The quantitative estimate of drug-likeness (QED) is 0.873. The molecule has 0 unspecified atom stereocenters. The average molecular weight is 302 g/mol. The molecule has 1 fully saturated rings. The minimum absolute atomic E-state index is 0.00626. The first-order valence-corrected chi connectivity index (χ1v) is 8.55. The van der Waals surface area contributed by atoms with Gasteiger partial charge in [-0.1, -0.05) is 18.9 Å². The second-order valence-electron chi connectivity index (χ2n) is 4.87. The van der Waals surface area contributed by atoms with Crippen LogP contribution < -0.4 is 5.32 Å². The van der Waals surface area contributed by atoms with Gasteiger partial charge in [0.2, 0.25) is 0 Å². The summed E-state index contributed by atoms with van der Waals surface area (Å²) in [7, 11) is 1.53. The SMILES string of the molecule is Cc1ccc(C(=O)NC2CCCC2)cc1S(=O)(=O)Cl. The predicted molar refractivity (Wildman–Crippen MR) is 73.9 cm³/mol. The molecular weight excluding hydrogens is 286 g/mol. The number of halogens is 1. The summed E-state index contributed by atoms with van der Waals surface area (Å²) in [5, 5.41) is 2.92. The van der Waals surface area contributed by atoms with E-state index in [4.69, 9.17) is 10.7 Å². The van der Waals surface area contributed by atoms with Gasteiger partial charge in [-0.25, -0.2) is 8.42 Å². The Kier molecular flexibility index (Phi) is 4.16. The van der Waals surface area contributed by atoms with Gasteiger partial charge in [-0.05, 0) is 37.5 Å². The lowest BCUT2D eigenvalue weighted by Crippen LogP contribution is -2.32.